The first-order valence-electron chi connectivity index (χ1n) is 4.97. The number of anilines is 1. The maximum atomic E-state index is 13.1. The fraction of sp³-hybridized carbons (Fsp3) is 0.273. The van der Waals surface area contributed by atoms with Gasteiger partial charge >= 0.3 is 6.03 Å². The first-order valence-corrected chi connectivity index (χ1v) is 4.97. The molecule has 0 aliphatic heterocycles. The summed E-state index contributed by atoms with van der Waals surface area (Å²) in [6.45, 7) is 3.50. The number of halogens is 1. The van der Waals surface area contributed by atoms with E-state index in [0.717, 1.165) is 0 Å². The molecule has 5 nitrogen and oxygen atoms in total. The zero-order chi connectivity index (χ0) is 13.2. The number of urea groups is 1. The van der Waals surface area contributed by atoms with E-state index in [1.54, 1.807) is 20.9 Å². The van der Waals surface area contributed by atoms with E-state index in [1.165, 1.54) is 17.0 Å². The van der Waals surface area contributed by atoms with E-state index in [4.69, 9.17) is 11.5 Å². The van der Waals surface area contributed by atoms with Crippen LogP contribution in [0.4, 0.5) is 14.9 Å². The molecule has 0 atom stereocenters. The van der Waals surface area contributed by atoms with Gasteiger partial charge in [0.1, 0.15) is 5.82 Å². The normalized spacial score (nSPS) is 11.4. The molecule has 0 heterocycles. The Bertz CT molecular complexity index is 461. The number of benzene rings is 1. The minimum atomic E-state index is -0.869. The molecule has 1 aromatic carbocycles. The lowest BCUT2D eigenvalue weighted by Crippen LogP contribution is -2.36. The molecule has 0 spiro atoms. The molecule has 0 aliphatic carbocycles. The summed E-state index contributed by atoms with van der Waals surface area (Å²) in [7, 11) is 1.63. The summed E-state index contributed by atoms with van der Waals surface area (Å²) < 4.78 is 13.1. The van der Waals surface area contributed by atoms with Gasteiger partial charge < -0.3 is 16.4 Å². The average Bonchev–Trinajstić information content (AvgIpc) is 2.14. The molecule has 92 valence electrons. The lowest BCUT2D eigenvalue weighted by molar-refractivity contribution is 0.256. The molecule has 1 rings (SSSR count). The van der Waals surface area contributed by atoms with E-state index < -0.39 is 6.03 Å². The Morgan fingerprint density at radius 2 is 1.76 bits per heavy atom. The van der Waals surface area contributed by atoms with Crippen LogP contribution in [-0.4, -0.2) is 19.0 Å². The van der Waals surface area contributed by atoms with Crippen molar-refractivity contribution in [2.24, 2.45) is 16.5 Å². The smallest absolute Gasteiger partial charge is 0.341 e. The van der Waals surface area contributed by atoms with Gasteiger partial charge in [0.15, 0.2) is 0 Å². The molecule has 4 N–H and O–H groups in total. The van der Waals surface area contributed by atoms with E-state index in [0.29, 0.717) is 16.8 Å². The second kappa shape index (κ2) is 4.82. The quantitative estimate of drug-likeness (QED) is 0.570. The fourth-order valence-corrected chi connectivity index (χ4v) is 1.73. The van der Waals surface area contributed by atoms with Crippen LogP contribution in [0.15, 0.2) is 17.1 Å². The van der Waals surface area contributed by atoms with Crippen molar-refractivity contribution in [2.75, 3.05) is 11.9 Å². The van der Waals surface area contributed by atoms with Gasteiger partial charge in [0, 0.05) is 12.7 Å². The number of nitrogens with two attached hydrogens (primary N) is 2. The monoisotopic (exact) mass is 238 g/mol. The third kappa shape index (κ3) is 2.93. The lowest BCUT2D eigenvalue weighted by atomic mass is 10.1. The van der Waals surface area contributed by atoms with Crippen LogP contribution < -0.4 is 16.4 Å². The molecule has 0 fully saturated rings. The van der Waals surface area contributed by atoms with Crippen LogP contribution in [0.25, 0.3) is 0 Å². The number of hydrogen-bond donors (Lipinski definition) is 2. The van der Waals surface area contributed by atoms with Crippen LogP contribution in [0.5, 0.6) is 0 Å². The number of rotatable bonds is 1. The lowest BCUT2D eigenvalue weighted by Gasteiger charge is -2.22. The van der Waals surface area contributed by atoms with Crippen LogP contribution in [0.1, 0.15) is 11.1 Å². The van der Waals surface area contributed by atoms with E-state index in [1.807, 2.05) is 0 Å². The van der Waals surface area contributed by atoms with Crippen LogP contribution in [0.2, 0.25) is 0 Å². The molecule has 0 radical (unpaired) electrons. The maximum absolute atomic E-state index is 13.1. The fourth-order valence-electron chi connectivity index (χ4n) is 1.73. The zero-order valence-corrected chi connectivity index (χ0v) is 9.99. The Morgan fingerprint density at radius 3 is 2.18 bits per heavy atom. The molecular formula is C11H15FN4O. The molecule has 2 amide bonds. The molecule has 0 saturated carbocycles. The van der Waals surface area contributed by atoms with Crippen molar-refractivity contribution in [2.45, 2.75) is 13.8 Å². The molecule has 0 bridgehead atoms. The molecular weight excluding hydrogens is 223 g/mol. The van der Waals surface area contributed by atoms with E-state index in [2.05, 4.69) is 4.99 Å². The highest BCUT2D eigenvalue weighted by molar-refractivity contribution is 6.01. The topological polar surface area (TPSA) is 84.7 Å². The van der Waals surface area contributed by atoms with Gasteiger partial charge in [-0.3, -0.25) is 0 Å². The Balaban J connectivity index is 3.21. The third-order valence-corrected chi connectivity index (χ3v) is 2.36. The van der Waals surface area contributed by atoms with Crippen molar-refractivity contribution < 1.29 is 9.18 Å². The summed E-state index contributed by atoms with van der Waals surface area (Å²) in [6.07, 6.45) is 0. The van der Waals surface area contributed by atoms with Gasteiger partial charge in [-0.1, -0.05) is 0 Å². The van der Waals surface area contributed by atoms with E-state index in [-0.39, 0.29) is 11.8 Å². The van der Waals surface area contributed by atoms with Crippen LogP contribution in [0.3, 0.4) is 0 Å². The van der Waals surface area contributed by atoms with Crippen molar-refractivity contribution >= 4 is 17.7 Å². The minimum absolute atomic E-state index is 0.0321. The van der Waals surface area contributed by atoms with Crippen LogP contribution in [0, 0.1) is 19.7 Å². The van der Waals surface area contributed by atoms with Gasteiger partial charge in [0.2, 0.25) is 5.96 Å². The molecule has 6 heteroatoms. The first kappa shape index (κ1) is 13.0. The Morgan fingerprint density at radius 1 is 1.29 bits per heavy atom. The average molecular weight is 238 g/mol. The summed E-state index contributed by atoms with van der Waals surface area (Å²) in [5, 5.41) is 0. The van der Waals surface area contributed by atoms with Crippen molar-refractivity contribution in [3.8, 4) is 0 Å². The summed E-state index contributed by atoms with van der Waals surface area (Å²) in [6, 6.07) is 1.90. The maximum Gasteiger partial charge on any atom is 0.341 e. The number of carbonyl (C=O) groups excluding carboxylic acids is 1. The Kier molecular flexibility index (Phi) is 3.67. The summed E-state index contributed by atoms with van der Waals surface area (Å²) in [5.74, 6) is -0.349. The highest BCUT2D eigenvalue weighted by Crippen LogP contribution is 2.24. The molecule has 0 unspecified atom stereocenters. The van der Waals surface area contributed by atoms with E-state index >= 15 is 0 Å². The summed E-state index contributed by atoms with van der Waals surface area (Å²) in [4.78, 5) is 15.6. The second-order valence-electron chi connectivity index (χ2n) is 3.76. The Hall–Kier alpha value is -2.11. The van der Waals surface area contributed by atoms with Gasteiger partial charge in [-0.25, -0.2) is 9.18 Å². The number of aryl methyl sites for hydroxylation is 2. The number of hydrogen-bond acceptors (Lipinski definition) is 1. The molecule has 0 aromatic heterocycles. The van der Waals surface area contributed by atoms with Gasteiger partial charge in [0.05, 0.1) is 0 Å². The largest absolute Gasteiger partial charge is 0.369 e. The van der Waals surface area contributed by atoms with Gasteiger partial charge in [-0.2, -0.15) is 4.99 Å². The highest BCUT2D eigenvalue weighted by Gasteiger charge is 2.13. The van der Waals surface area contributed by atoms with Gasteiger partial charge in [-0.15, -0.1) is 0 Å². The van der Waals surface area contributed by atoms with E-state index in [9.17, 15) is 9.18 Å². The predicted octanol–water partition coefficient (Wildman–Crippen LogP) is 1.27. The standard InChI is InChI=1S/C11H15FN4O/c1-6-4-8(12)5-7(2)9(6)16(3)10(13)15-11(14)17/h4-5H,1-3H3,(H4,13,14,15,17). The molecule has 0 saturated heterocycles. The number of primary amides is 1. The molecule has 0 aliphatic rings. The Labute approximate surface area is 98.9 Å². The predicted molar refractivity (Wildman–Crippen MR) is 65.5 cm³/mol. The van der Waals surface area contributed by atoms with Gasteiger partial charge in [-0.05, 0) is 37.1 Å². The molecule has 17 heavy (non-hydrogen) atoms. The third-order valence-electron chi connectivity index (χ3n) is 2.36. The number of amides is 2. The SMILES string of the molecule is Cc1cc(F)cc(C)c1N(C)C(N)=NC(N)=O. The summed E-state index contributed by atoms with van der Waals surface area (Å²) in [5.41, 5.74) is 12.6. The number of carbonyl (C=O) groups is 1. The minimum Gasteiger partial charge on any atom is -0.369 e. The van der Waals surface area contributed by atoms with Crippen LogP contribution in [-0.2, 0) is 0 Å². The van der Waals surface area contributed by atoms with Crippen LogP contribution >= 0.6 is 0 Å². The zero-order valence-electron chi connectivity index (χ0n) is 9.99. The first-order chi connectivity index (χ1) is 7.82. The van der Waals surface area contributed by atoms with Crippen molar-refractivity contribution in [3.05, 3.63) is 29.1 Å². The number of aliphatic imine (C=N–C) groups is 1. The van der Waals surface area contributed by atoms with Crippen molar-refractivity contribution in [3.63, 3.8) is 0 Å². The van der Waals surface area contributed by atoms with Gasteiger partial charge in [0.25, 0.3) is 0 Å². The summed E-state index contributed by atoms with van der Waals surface area (Å²) >= 11 is 0. The highest BCUT2D eigenvalue weighted by atomic mass is 19.1. The number of guanidine groups is 1. The molecule has 1 aromatic rings. The van der Waals surface area contributed by atoms with Crippen molar-refractivity contribution in [1.29, 1.82) is 0 Å². The second-order valence-corrected chi connectivity index (χ2v) is 3.76. The van der Waals surface area contributed by atoms with Crippen molar-refractivity contribution in [1.82, 2.24) is 0 Å². The number of nitrogens with zero attached hydrogens (tertiary/aromatic N) is 2.